The first-order valence-electron chi connectivity index (χ1n) is 17.0. The van der Waals surface area contributed by atoms with E-state index >= 15 is 0 Å². The number of allylic oxidation sites excluding steroid dienone is 2. The second-order valence-electron chi connectivity index (χ2n) is 16.1. The summed E-state index contributed by atoms with van der Waals surface area (Å²) in [6.07, 6.45) is 5.67. The topological polar surface area (TPSA) is 94.6 Å². The number of ether oxygens (including phenoxy) is 1. The predicted octanol–water partition coefficient (Wildman–Crippen LogP) is 8.43. The molecule has 6 rings (SSSR count). The molecule has 2 fully saturated rings. The van der Waals surface area contributed by atoms with Crippen LogP contribution in [0.4, 0.5) is 0 Å². The van der Waals surface area contributed by atoms with E-state index < -0.39 is 34.7 Å². The van der Waals surface area contributed by atoms with E-state index in [1.54, 1.807) is 42.5 Å². The van der Waals surface area contributed by atoms with E-state index in [0.29, 0.717) is 43.1 Å². The molecule has 0 saturated heterocycles. The average molecular weight is 623 g/mol. The molecule has 2 aromatic rings. The van der Waals surface area contributed by atoms with Crippen LogP contribution in [0.15, 0.2) is 59.9 Å². The van der Waals surface area contributed by atoms with Gasteiger partial charge in [-0.2, -0.15) is 0 Å². The van der Waals surface area contributed by atoms with Crippen LogP contribution in [0.1, 0.15) is 134 Å². The van der Waals surface area contributed by atoms with Gasteiger partial charge in [0, 0.05) is 33.7 Å². The van der Waals surface area contributed by atoms with Crippen LogP contribution >= 0.6 is 0 Å². The Kier molecular flexibility index (Phi) is 8.10. The van der Waals surface area contributed by atoms with Gasteiger partial charge in [0.05, 0.1) is 0 Å². The number of hydrogen-bond donors (Lipinski definition) is 0. The largest absolute Gasteiger partial charge is 0.466 e. The first-order valence-corrected chi connectivity index (χ1v) is 17.0. The molecule has 46 heavy (non-hydrogen) atoms. The van der Waals surface area contributed by atoms with Gasteiger partial charge in [-0.1, -0.05) is 90.1 Å². The highest BCUT2D eigenvalue weighted by Gasteiger charge is 2.62. The molecular formula is C40H46O6. The Morgan fingerprint density at radius 2 is 0.978 bits per heavy atom. The molecule has 1 unspecified atom stereocenters. The summed E-state index contributed by atoms with van der Waals surface area (Å²) in [6, 6.07) is 13.1. The highest BCUT2D eigenvalue weighted by Crippen LogP contribution is 2.50. The third-order valence-corrected chi connectivity index (χ3v) is 11.6. The molecular weight excluding hydrogens is 576 g/mol. The molecule has 2 aromatic carbocycles. The second kappa shape index (κ2) is 11.5. The van der Waals surface area contributed by atoms with Crippen LogP contribution in [0.2, 0.25) is 0 Å². The maximum atomic E-state index is 14.7. The molecule has 0 heterocycles. The number of Topliss-reactive ketones (excluding diaryl/α,β-unsaturated/α-hetero) is 5. The van der Waals surface area contributed by atoms with Gasteiger partial charge < -0.3 is 4.74 Å². The maximum Gasteiger partial charge on any atom is 0.255 e. The van der Waals surface area contributed by atoms with E-state index in [1.165, 1.54) is 6.07 Å². The molecule has 6 heteroatoms. The average Bonchev–Trinajstić information content (AvgIpc) is 3.03. The van der Waals surface area contributed by atoms with Crippen molar-refractivity contribution in [3.8, 4) is 0 Å². The zero-order valence-corrected chi connectivity index (χ0v) is 28.0. The molecule has 0 radical (unpaired) electrons. The molecule has 4 aliphatic rings. The molecule has 0 aliphatic heterocycles. The normalized spacial score (nSPS) is 29.0. The number of carbonyl (C=O) groups is 5. The van der Waals surface area contributed by atoms with Crippen molar-refractivity contribution >= 4 is 28.9 Å². The zero-order chi connectivity index (χ0) is 33.2. The van der Waals surface area contributed by atoms with Crippen LogP contribution in [-0.2, 0) is 9.53 Å². The van der Waals surface area contributed by atoms with Crippen LogP contribution in [0.5, 0.6) is 0 Å². The van der Waals surface area contributed by atoms with Gasteiger partial charge in [0.25, 0.3) is 5.78 Å². The van der Waals surface area contributed by atoms with Gasteiger partial charge in [0.1, 0.15) is 0 Å². The van der Waals surface area contributed by atoms with Gasteiger partial charge in [-0.15, -0.1) is 0 Å². The molecule has 6 nitrogen and oxygen atoms in total. The SMILES string of the molecule is CC(C)(C)C1CCC(C2=C(OC3(C4CCC(C(C)(C)C)CC4)C(=O)C(=O)c4ccccc4C3=O)C(=O)c3ccccc3C2=O)CC1. The van der Waals surface area contributed by atoms with Crippen molar-refractivity contribution in [2.45, 2.75) is 98.5 Å². The van der Waals surface area contributed by atoms with Crippen molar-refractivity contribution in [1.82, 2.24) is 0 Å². The molecule has 0 spiro atoms. The van der Waals surface area contributed by atoms with Crippen molar-refractivity contribution in [2.75, 3.05) is 0 Å². The highest BCUT2D eigenvalue weighted by molar-refractivity contribution is 6.55. The summed E-state index contributed by atoms with van der Waals surface area (Å²) in [5.41, 5.74) is -1.09. The third-order valence-electron chi connectivity index (χ3n) is 11.6. The van der Waals surface area contributed by atoms with E-state index in [9.17, 15) is 24.0 Å². The highest BCUT2D eigenvalue weighted by atomic mass is 16.5. The summed E-state index contributed by atoms with van der Waals surface area (Å²) >= 11 is 0. The Morgan fingerprint density at radius 1 is 0.543 bits per heavy atom. The van der Waals surface area contributed by atoms with Crippen LogP contribution in [-0.4, -0.2) is 34.5 Å². The van der Waals surface area contributed by atoms with Crippen LogP contribution < -0.4 is 0 Å². The summed E-state index contributed by atoms with van der Waals surface area (Å²) in [5.74, 6) is -3.35. The van der Waals surface area contributed by atoms with Crippen LogP contribution in [0.25, 0.3) is 0 Å². The number of ketones is 5. The van der Waals surface area contributed by atoms with Gasteiger partial charge in [-0.3, -0.25) is 24.0 Å². The Hall–Kier alpha value is -3.67. The molecule has 4 aliphatic carbocycles. The van der Waals surface area contributed by atoms with Crippen molar-refractivity contribution in [1.29, 1.82) is 0 Å². The molecule has 2 saturated carbocycles. The van der Waals surface area contributed by atoms with Crippen LogP contribution in [0, 0.1) is 34.5 Å². The summed E-state index contributed by atoms with van der Waals surface area (Å²) in [4.78, 5) is 71.7. The van der Waals surface area contributed by atoms with Gasteiger partial charge in [-0.05, 0) is 80.0 Å². The van der Waals surface area contributed by atoms with E-state index in [4.69, 9.17) is 4.74 Å². The summed E-state index contributed by atoms with van der Waals surface area (Å²) < 4.78 is 6.72. The molecule has 0 aromatic heterocycles. The molecule has 1 atom stereocenters. The number of rotatable bonds is 4. The van der Waals surface area contributed by atoms with Crippen molar-refractivity contribution in [2.24, 2.45) is 34.5 Å². The number of hydrogen-bond acceptors (Lipinski definition) is 6. The van der Waals surface area contributed by atoms with Crippen molar-refractivity contribution in [3.63, 3.8) is 0 Å². The van der Waals surface area contributed by atoms with Gasteiger partial charge >= 0.3 is 0 Å². The molecule has 242 valence electrons. The fourth-order valence-electron chi connectivity index (χ4n) is 8.64. The number of benzene rings is 2. The van der Waals surface area contributed by atoms with E-state index in [-0.39, 0.29) is 50.6 Å². The molecule has 0 amide bonds. The summed E-state index contributed by atoms with van der Waals surface area (Å²) in [5, 5.41) is 0. The molecule has 0 bridgehead atoms. The van der Waals surface area contributed by atoms with Gasteiger partial charge in [0.15, 0.2) is 11.5 Å². The minimum absolute atomic E-state index is 0.0407. The van der Waals surface area contributed by atoms with Crippen molar-refractivity contribution in [3.05, 3.63) is 82.1 Å². The summed E-state index contributed by atoms with van der Waals surface area (Å²) in [6.45, 7) is 13.3. The first-order chi connectivity index (χ1) is 21.7. The minimum atomic E-state index is -2.21. The van der Waals surface area contributed by atoms with Crippen LogP contribution in [0.3, 0.4) is 0 Å². The third kappa shape index (κ3) is 5.22. The Labute approximate surface area is 272 Å². The second-order valence-corrected chi connectivity index (χ2v) is 16.1. The Morgan fingerprint density at radius 3 is 1.48 bits per heavy atom. The van der Waals surface area contributed by atoms with Gasteiger partial charge in [0.2, 0.25) is 23.0 Å². The van der Waals surface area contributed by atoms with E-state index in [2.05, 4.69) is 41.5 Å². The smallest absolute Gasteiger partial charge is 0.255 e. The lowest BCUT2D eigenvalue weighted by Crippen LogP contribution is -2.61. The number of fused-ring (bicyclic) bond motifs is 2. The standard InChI is InChI=1S/C40H46O6/c1-38(2,3)24-17-15-23(16-18-24)31-32(41)27-11-7-8-12-28(27)33(42)35(31)46-40(26-21-19-25(20-22-26)39(4,5)6)36(44)30-14-10-9-13-29(30)34(43)37(40)45/h7-14,23-26H,15-22H2,1-6H3. The van der Waals surface area contributed by atoms with Gasteiger partial charge in [-0.25, -0.2) is 0 Å². The lowest BCUT2D eigenvalue weighted by Gasteiger charge is -2.46. The fraction of sp³-hybridized carbons (Fsp3) is 0.525. The first kappa shape index (κ1) is 32.3. The minimum Gasteiger partial charge on any atom is -0.466 e. The van der Waals surface area contributed by atoms with E-state index in [0.717, 1.165) is 25.7 Å². The summed E-state index contributed by atoms with van der Waals surface area (Å²) in [7, 11) is 0. The fourth-order valence-corrected chi connectivity index (χ4v) is 8.64. The lowest BCUT2D eigenvalue weighted by atomic mass is 9.62. The quantitative estimate of drug-likeness (QED) is 0.251. The maximum absolute atomic E-state index is 14.7. The molecule has 0 N–H and O–H groups in total. The lowest BCUT2D eigenvalue weighted by molar-refractivity contribution is -0.137. The Balaban J connectivity index is 1.50. The zero-order valence-electron chi connectivity index (χ0n) is 28.0. The Bertz CT molecular complexity index is 1650. The van der Waals surface area contributed by atoms with E-state index in [1.807, 2.05) is 0 Å². The monoisotopic (exact) mass is 622 g/mol. The van der Waals surface area contributed by atoms with Crippen molar-refractivity contribution < 1.29 is 28.7 Å². The number of carbonyl (C=O) groups excluding carboxylic acids is 5. The predicted molar refractivity (Wildman–Crippen MR) is 176 cm³/mol.